The number of ether oxygens (including phenoxy) is 1. The monoisotopic (exact) mass is 216 g/mol. The highest BCUT2D eigenvalue weighted by Gasteiger charge is 2.29. The second-order valence-electron chi connectivity index (χ2n) is 4.45. The van der Waals surface area contributed by atoms with Crippen LogP contribution >= 0.6 is 0 Å². The van der Waals surface area contributed by atoms with E-state index in [-0.39, 0.29) is 5.60 Å². The van der Waals surface area contributed by atoms with Crippen molar-refractivity contribution >= 4 is 5.69 Å². The summed E-state index contributed by atoms with van der Waals surface area (Å²) in [5, 5.41) is 12.1. The number of nitrogens with one attached hydrogen (secondary N) is 1. The van der Waals surface area contributed by atoms with Crippen LogP contribution in [-0.4, -0.2) is 18.8 Å². The van der Waals surface area contributed by atoms with Crippen LogP contribution in [0.2, 0.25) is 0 Å². The maximum atomic E-state index is 8.79. The Hall–Kier alpha value is -1.53. The fraction of sp³-hybridized carbons (Fsp3) is 0.462. The van der Waals surface area contributed by atoms with E-state index in [2.05, 4.69) is 18.3 Å². The molecule has 0 radical (unpaired) electrons. The summed E-state index contributed by atoms with van der Waals surface area (Å²) in [5.74, 6) is 0. The van der Waals surface area contributed by atoms with Crippen LogP contribution in [0.1, 0.15) is 25.3 Å². The summed E-state index contributed by atoms with van der Waals surface area (Å²) < 4.78 is 5.69. The number of hydrogen-bond donors (Lipinski definition) is 1. The highest BCUT2D eigenvalue weighted by atomic mass is 16.5. The van der Waals surface area contributed by atoms with Gasteiger partial charge in [-0.05, 0) is 38.0 Å². The minimum atomic E-state index is -0.0529. The van der Waals surface area contributed by atoms with E-state index in [1.807, 2.05) is 18.2 Å². The van der Waals surface area contributed by atoms with E-state index in [0.717, 1.165) is 31.7 Å². The largest absolute Gasteiger partial charge is 0.382 e. The number of anilines is 1. The van der Waals surface area contributed by atoms with Gasteiger partial charge in [0, 0.05) is 18.8 Å². The predicted molar refractivity (Wildman–Crippen MR) is 63.2 cm³/mol. The van der Waals surface area contributed by atoms with Crippen molar-refractivity contribution in [3.05, 3.63) is 29.8 Å². The van der Waals surface area contributed by atoms with Gasteiger partial charge in [0.25, 0.3) is 0 Å². The quantitative estimate of drug-likeness (QED) is 0.844. The van der Waals surface area contributed by atoms with Crippen molar-refractivity contribution < 1.29 is 4.74 Å². The van der Waals surface area contributed by atoms with E-state index in [9.17, 15) is 0 Å². The van der Waals surface area contributed by atoms with Gasteiger partial charge in [0.05, 0.1) is 17.2 Å². The molecule has 1 aliphatic heterocycles. The van der Waals surface area contributed by atoms with Crippen molar-refractivity contribution in [2.75, 3.05) is 18.5 Å². The molecule has 2 rings (SSSR count). The molecule has 0 aromatic heterocycles. The summed E-state index contributed by atoms with van der Waals surface area (Å²) in [5.41, 5.74) is 1.61. The molecule has 0 amide bonds. The molecular formula is C13H16N2O. The standard InChI is InChI=1S/C13H16N2O/c1-13(6-3-7-16-13)10-15-12-5-2-4-11(8-12)9-14/h2,4-5,8,15H,3,6-7,10H2,1H3. The van der Waals surface area contributed by atoms with Gasteiger partial charge in [-0.2, -0.15) is 5.26 Å². The molecule has 0 aliphatic carbocycles. The first-order chi connectivity index (χ1) is 7.72. The Morgan fingerprint density at radius 1 is 1.56 bits per heavy atom. The maximum Gasteiger partial charge on any atom is 0.0992 e. The zero-order valence-electron chi connectivity index (χ0n) is 9.49. The number of hydrogen-bond acceptors (Lipinski definition) is 3. The molecule has 3 nitrogen and oxygen atoms in total. The summed E-state index contributed by atoms with van der Waals surface area (Å²) in [6.07, 6.45) is 2.23. The number of benzene rings is 1. The summed E-state index contributed by atoms with van der Waals surface area (Å²) in [6.45, 7) is 3.78. The van der Waals surface area contributed by atoms with Gasteiger partial charge in [-0.3, -0.25) is 0 Å². The van der Waals surface area contributed by atoms with Gasteiger partial charge >= 0.3 is 0 Å². The average molecular weight is 216 g/mol. The Balaban J connectivity index is 1.96. The number of rotatable bonds is 3. The van der Waals surface area contributed by atoms with E-state index in [1.165, 1.54) is 0 Å². The van der Waals surface area contributed by atoms with Crippen molar-refractivity contribution in [2.24, 2.45) is 0 Å². The second-order valence-corrected chi connectivity index (χ2v) is 4.45. The Labute approximate surface area is 96.0 Å². The van der Waals surface area contributed by atoms with E-state index in [0.29, 0.717) is 5.56 Å². The molecule has 0 bridgehead atoms. The van der Waals surface area contributed by atoms with Crippen LogP contribution in [0.15, 0.2) is 24.3 Å². The Bertz CT molecular complexity index is 403. The lowest BCUT2D eigenvalue weighted by Gasteiger charge is -2.24. The summed E-state index contributed by atoms with van der Waals surface area (Å²) in [4.78, 5) is 0. The predicted octanol–water partition coefficient (Wildman–Crippen LogP) is 2.54. The molecular weight excluding hydrogens is 200 g/mol. The minimum absolute atomic E-state index is 0.0529. The third kappa shape index (κ3) is 2.53. The van der Waals surface area contributed by atoms with Gasteiger partial charge in [0.15, 0.2) is 0 Å². The maximum absolute atomic E-state index is 8.79. The molecule has 1 aromatic carbocycles. The highest BCUT2D eigenvalue weighted by Crippen LogP contribution is 2.25. The molecule has 1 N–H and O–H groups in total. The molecule has 84 valence electrons. The third-order valence-corrected chi connectivity index (χ3v) is 2.96. The molecule has 1 atom stereocenters. The fourth-order valence-corrected chi connectivity index (χ4v) is 1.96. The summed E-state index contributed by atoms with van der Waals surface area (Å²) in [7, 11) is 0. The fourth-order valence-electron chi connectivity index (χ4n) is 1.96. The van der Waals surface area contributed by atoms with Crippen LogP contribution in [0.5, 0.6) is 0 Å². The molecule has 16 heavy (non-hydrogen) atoms. The van der Waals surface area contributed by atoms with Crippen LogP contribution in [-0.2, 0) is 4.74 Å². The van der Waals surface area contributed by atoms with Gasteiger partial charge in [-0.25, -0.2) is 0 Å². The van der Waals surface area contributed by atoms with Crippen LogP contribution < -0.4 is 5.32 Å². The summed E-state index contributed by atoms with van der Waals surface area (Å²) in [6, 6.07) is 9.66. The number of nitrogens with zero attached hydrogens (tertiary/aromatic N) is 1. The zero-order chi connectivity index (χ0) is 11.4. The van der Waals surface area contributed by atoms with Gasteiger partial charge in [-0.15, -0.1) is 0 Å². The van der Waals surface area contributed by atoms with Crippen molar-refractivity contribution in [3.8, 4) is 6.07 Å². The van der Waals surface area contributed by atoms with Crippen molar-refractivity contribution in [1.29, 1.82) is 5.26 Å². The smallest absolute Gasteiger partial charge is 0.0992 e. The zero-order valence-corrected chi connectivity index (χ0v) is 9.49. The molecule has 1 aliphatic rings. The summed E-state index contributed by atoms with van der Waals surface area (Å²) >= 11 is 0. The molecule has 1 unspecified atom stereocenters. The SMILES string of the molecule is CC1(CNc2cccc(C#N)c2)CCCO1. The molecule has 1 aromatic rings. The van der Waals surface area contributed by atoms with Crippen LogP contribution in [0.4, 0.5) is 5.69 Å². The van der Waals surface area contributed by atoms with Crippen LogP contribution in [0, 0.1) is 11.3 Å². The van der Waals surface area contributed by atoms with Gasteiger partial charge in [0.2, 0.25) is 0 Å². The molecule has 1 heterocycles. The molecule has 0 spiro atoms. The van der Waals surface area contributed by atoms with E-state index in [4.69, 9.17) is 10.00 Å². The minimum Gasteiger partial charge on any atom is -0.382 e. The molecule has 0 saturated carbocycles. The first-order valence-electron chi connectivity index (χ1n) is 5.60. The van der Waals surface area contributed by atoms with Gasteiger partial charge in [0.1, 0.15) is 0 Å². The molecule has 3 heteroatoms. The highest BCUT2D eigenvalue weighted by molar-refractivity contribution is 5.49. The lowest BCUT2D eigenvalue weighted by molar-refractivity contribution is 0.0315. The Kier molecular flexibility index (Phi) is 3.12. The van der Waals surface area contributed by atoms with Crippen molar-refractivity contribution in [3.63, 3.8) is 0 Å². The van der Waals surface area contributed by atoms with Crippen molar-refractivity contribution in [1.82, 2.24) is 0 Å². The number of nitriles is 1. The molecule has 1 saturated heterocycles. The normalized spacial score (nSPS) is 24.0. The van der Waals surface area contributed by atoms with E-state index in [1.54, 1.807) is 6.07 Å². The van der Waals surface area contributed by atoms with Crippen molar-refractivity contribution in [2.45, 2.75) is 25.4 Å². The lowest BCUT2D eigenvalue weighted by Crippen LogP contribution is -2.32. The first kappa shape index (κ1) is 11.0. The van der Waals surface area contributed by atoms with Gasteiger partial charge in [-0.1, -0.05) is 6.07 Å². The van der Waals surface area contributed by atoms with E-state index < -0.39 is 0 Å². The average Bonchev–Trinajstić information content (AvgIpc) is 2.75. The van der Waals surface area contributed by atoms with E-state index >= 15 is 0 Å². The van der Waals surface area contributed by atoms with Crippen LogP contribution in [0.25, 0.3) is 0 Å². The Morgan fingerprint density at radius 3 is 3.12 bits per heavy atom. The first-order valence-corrected chi connectivity index (χ1v) is 5.60. The second kappa shape index (κ2) is 4.54. The lowest BCUT2D eigenvalue weighted by atomic mass is 10.0. The van der Waals surface area contributed by atoms with Crippen LogP contribution in [0.3, 0.4) is 0 Å². The topological polar surface area (TPSA) is 45.0 Å². The van der Waals surface area contributed by atoms with Gasteiger partial charge < -0.3 is 10.1 Å². The third-order valence-electron chi connectivity index (χ3n) is 2.96. The Morgan fingerprint density at radius 2 is 2.44 bits per heavy atom. The molecule has 1 fully saturated rings.